The Balaban J connectivity index is 2.20. The molecule has 10 heteroatoms. The zero-order valence-corrected chi connectivity index (χ0v) is 8.38. The zero-order valence-electron chi connectivity index (χ0n) is 8.38. The first-order valence-electron chi connectivity index (χ1n) is 4.40. The van der Waals surface area contributed by atoms with Crippen molar-refractivity contribution >= 4 is 17.6 Å². The van der Waals surface area contributed by atoms with E-state index in [2.05, 4.69) is 36.1 Å². The molecule has 0 radical (unpaired) electrons. The Labute approximate surface area is 93.9 Å². The number of aromatic nitrogens is 5. The molecule has 10 nitrogen and oxygen atoms in total. The summed E-state index contributed by atoms with van der Waals surface area (Å²) in [6, 6.07) is 0. The normalized spacial score (nSPS) is 11.4. The van der Waals surface area contributed by atoms with Crippen LogP contribution < -0.4 is 11.1 Å². The van der Waals surface area contributed by atoms with Crippen LogP contribution >= 0.6 is 0 Å². The van der Waals surface area contributed by atoms with Gasteiger partial charge in [0.15, 0.2) is 11.5 Å². The molecule has 0 aliphatic carbocycles. The number of nitrogens with two attached hydrogens (primary N) is 1. The van der Waals surface area contributed by atoms with E-state index in [1.807, 2.05) is 0 Å². The van der Waals surface area contributed by atoms with Crippen LogP contribution in [0.25, 0.3) is 0 Å². The van der Waals surface area contributed by atoms with E-state index in [1.54, 1.807) is 0 Å². The highest BCUT2D eigenvalue weighted by atomic mass is 16.4. The summed E-state index contributed by atoms with van der Waals surface area (Å²) >= 11 is 0. The van der Waals surface area contributed by atoms with Gasteiger partial charge in [-0.15, -0.1) is 0 Å². The Kier molecular flexibility index (Phi) is 2.68. The SMILES string of the molecule is NC(=NO)c1cn[nH]c1NC(=O)c1cn[nH]n1. The average Bonchev–Trinajstić information content (AvgIpc) is 2.98. The number of amides is 1. The maximum atomic E-state index is 11.6. The highest BCUT2D eigenvalue weighted by Crippen LogP contribution is 2.11. The minimum atomic E-state index is -0.505. The molecule has 17 heavy (non-hydrogen) atoms. The Morgan fingerprint density at radius 1 is 1.47 bits per heavy atom. The number of anilines is 1. The Morgan fingerprint density at radius 3 is 2.94 bits per heavy atom. The van der Waals surface area contributed by atoms with Gasteiger partial charge in [-0.1, -0.05) is 5.16 Å². The molecule has 88 valence electrons. The molecule has 2 aromatic heterocycles. The lowest BCUT2D eigenvalue weighted by Crippen LogP contribution is -2.18. The van der Waals surface area contributed by atoms with Crippen LogP contribution in [0, 0.1) is 0 Å². The van der Waals surface area contributed by atoms with Crippen LogP contribution in [0.4, 0.5) is 5.82 Å². The maximum absolute atomic E-state index is 11.6. The molecule has 0 fully saturated rings. The molecule has 0 unspecified atom stereocenters. The van der Waals surface area contributed by atoms with E-state index < -0.39 is 5.91 Å². The van der Waals surface area contributed by atoms with Crippen molar-refractivity contribution in [2.75, 3.05) is 5.32 Å². The molecule has 1 amide bonds. The summed E-state index contributed by atoms with van der Waals surface area (Å²) in [7, 11) is 0. The molecule has 0 spiro atoms. The number of carbonyl (C=O) groups excluding carboxylic acids is 1. The standard InChI is InChI=1S/C7H8N8O2/c8-5(14-17)3-1-9-13-6(3)11-7(16)4-2-10-15-12-4/h1-2,17H,(H2,8,14)(H,10,12,15)(H2,9,11,13,16). The van der Waals surface area contributed by atoms with Crippen LogP contribution in [-0.2, 0) is 0 Å². The van der Waals surface area contributed by atoms with Crippen LogP contribution in [0.2, 0.25) is 0 Å². The average molecular weight is 236 g/mol. The van der Waals surface area contributed by atoms with E-state index in [-0.39, 0.29) is 22.9 Å². The van der Waals surface area contributed by atoms with Crippen molar-refractivity contribution in [2.24, 2.45) is 10.9 Å². The number of hydrogen-bond acceptors (Lipinski definition) is 6. The highest BCUT2D eigenvalue weighted by molar-refractivity contribution is 6.07. The first-order valence-corrected chi connectivity index (χ1v) is 4.40. The smallest absolute Gasteiger partial charge is 0.278 e. The van der Waals surface area contributed by atoms with Crippen LogP contribution in [0.3, 0.4) is 0 Å². The largest absolute Gasteiger partial charge is 0.409 e. The van der Waals surface area contributed by atoms with Crippen LogP contribution in [0.1, 0.15) is 16.1 Å². The summed E-state index contributed by atoms with van der Waals surface area (Å²) in [6.07, 6.45) is 2.57. The van der Waals surface area contributed by atoms with Gasteiger partial charge in [0, 0.05) is 0 Å². The number of amidine groups is 1. The third-order valence-electron chi connectivity index (χ3n) is 1.91. The number of oxime groups is 1. The molecule has 2 rings (SSSR count). The van der Waals surface area contributed by atoms with E-state index in [1.165, 1.54) is 12.4 Å². The summed E-state index contributed by atoms with van der Waals surface area (Å²) in [5.41, 5.74) is 5.76. The molecule has 0 bridgehead atoms. The quantitative estimate of drug-likeness (QED) is 0.196. The number of carbonyl (C=O) groups is 1. The zero-order chi connectivity index (χ0) is 12.3. The van der Waals surface area contributed by atoms with Gasteiger partial charge in [0.1, 0.15) is 5.82 Å². The van der Waals surface area contributed by atoms with Gasteiger partial charge in [0.25, 0.3) is 5.91 Å². The molecular formula is C7H8N8O2. The van der Waals surface area contributed by atoms with Crippen molar-refractivity contribution in [3.8, 4) is 0 Å². The molecular weight excluding hydrogens is 228 g/mol. The number of rotatable bonds is 3. The monoisotopic (exact) mass is 236 g/mol. The summed E-state index contributed by atoms with van der Waals surface area (Å²) in [6.45, 7) is 0. The van der Waals surface area contributed by atoms with E-state index in [0.29, 0.717) is 0 Å². The minimum Gasteiger partial charge on any atom is -0.409 e. The van der Waals surface area contributed by atoms with Gasteiger partial charge in [-0.05, 0) is 0 Å². The molecule has 0 aliphatic rings. The van der Waals surface area contributed by atoms with Crippen LogP contribution in [0.15, 0.2) is 17.5 Å². The second-order valence-corrected chi connectivity index (χ2v) is 2.95. The topological polar surface area (TPSA) is 158 Å². The van der Waals surface area contributed by atoms with Gasteiger partial charge in [0.05, 0.1) is 18.0 Å². The summed E-state index contributed by atoms with van der Waals surface area (Å²) in [5.74, 6) is -0.475. The van der Waals surface area contributed by atoms with Gasteiger partial charge in [0.2, 0.25) is 0 Å². The number of aromatic amines is 2. The molecule has 0 saturated carbocycles. The van der Waals surface area contributed by atoms with Gasteiger partial charge >= 0.3 is 0 Å². The molecule has 2 heterocycles. The first-order chi connectivity index (χ1) is 8.22. The summed E-state index contributed by atoms with van der Waals surface area (Å²) in [5, 5.41) is 29.4. The van der Waals surface area contributed by atoms with Crippen molar-refractivity contribution < 1.29 is 10.0 Å². The molecule has 0 aromatic carbocycles. The van der Waals surface area contributed by atoms with Crippen molar-refractivity contribution in [1.29, 1.82) is 0 Å². The van der Waals surface area contributed by atoms with Gasteiger partial charge < -0.3 is 16.3 Å². The number of nitrogens with one attached hydrogen (secondary N) is 3. The predicted octanol–water partition coefficient (Wildman–Crippen LogP) is -1.13. The Hall–Kier alpha value is -2.91. The molecule has 0 atom stereocenters. The summed E-state index contributed by atoms with van der Waals surface area (Å²) < 4.78 is 0. The number of H-pyrrole nitrogens is 2. The third-order valence-corrected chi connectivity index (χ3v) is 1.91. The Bertz CT molecular complexity index is 542. The van der Waals surface area contributed by atoms with Gasteiger partial charge in [-0.3, -0.25) is 9.89 Å². The fraction of sp³-hybridized carbons (Fsp3) is 0. The molecule has 6 N–H and O–H groups in total. The summed E-state index contributed by atoms with van der Waals surface area (Å²) in [4.78, 5) is 11.6. The second-order valence-electron chi connectivity index (χ2n) is 2.95. The van der Waals surface area contributed by atoms with Gasteiger partial charge in [-0.25, -0.2) is 0 Å². The number of nitrogens with zero attached hydrogens (tertiary/aromatic N) is 4. The maximum Gasteiger partial charge on any atom is 0.278 e. The van der Waals surface area contributed by atoms with Crippen LogP contribution in [0.5, 0.6) is 0 Å². The van der Waals surface area contributed by atoms with E-state index in [9.17, 15) is 4.79 Å². The van der Waals surface area contributed by atoms with Crippen molar-refractivity contribution in [3.05, 3.63) is 23.7 Å². The lowest BCUT2D eigenvalue weighted by molar-refractivity contribution is 0.102. The molecule has 0 saturated heterocycles. The second kappa shape index (κ2) is 4.30. The fourth-order valence-corrected chi connectivity index (χ4v) is 1.12. The lowest BCUT2D eigenvalue weighted by Gasteiger charge is -2.02. The van der Waals surface area contributed by atoms with Crippen molar-refractivity contribution in [1.82, 2.24) is 25.6 Å². The first kappa shape index (κ1) is 10.6. The van der Waals surface area contributed by atoms with E-state index in [4.69, 9.17) is 10.9 Å². The number of hydrogen-bond donors (Lipinski definition) is 5. The third kappa shape index (κ3) is 2.04. The molecule has 2 aromatic rings. The van der Waals surface area contributed by atoms with Crippen LogP contribution in [-0.4, -0.2) is 42.6 Å². The minimum absolute atomic E-state index is 0.102. The van der Waals surface area contributed by atoms with E-state index in [0.717, 1.165) is 0 Å². The lowest BCUT2D eigenvalue weighted by atomic mass is 10.3. The van der Waals surface area contributed by atoms with E-state index >= 15 is 0 Å². The fourth-order valence-electron chi connectivity index (χ4n) is 1.12. The van der Waals surface area contributed by atoms with Gasteiger partial charge in [-0.2, -0.15) is 20.5 Å². The molecule has 0 aliphatic heterocycles. The van der Waals surface area contributed by atoms with Crippen molar-refractivity contribution in [3.63, 3.8) is 0 Å². The van der Waals surface area contributed by atoms with Crippen molar-refractivity contribution in [2.45, 2.75) is 0 Å². The predicted molar refractivity (Wildman–Crippen MR) is 55.4 cm³/mol. The highest BCUT2D eigenvalue weighted by Gasteiger charge is 2.15. The Morgan fingerprint density at radius 2 is 2.29 bits per heavy atom.